The lowest BCUT2D eigenvalue weighted by Crippen LogP contribution is -2.35. The zero-order chi connectivity index (χ0) is 13.1. The molecule has 2 N–H and O–H groups in total. The van der Waals surface area contributed by atoms with E-state index in [2.05, 4.69) is 0 Å². The third-order valence-corrected chi connectivity index (χ3v) is 2.92. The standard InChI is InChI=1S/C10H17F3N2O2/c1-2-17-6-7-4-15(9(16)3-14)5-8(7)10(11,12)13/h7-8H,2-6,14H2,1H3/t7-,8-/m1/s1. The van der Waals surface area contributed by atoms with Crippen molar-refractivity contribution in [1.29, 1.82) is 0 Å². The molecule has 1 aliphatic rings. The Hall–Kier alpha value is -0.820. The Morgan fingerprint density at radius 2 is 2.12 bits per heavy atom. The van der Waals surface area contributed by atoms with Crippen LogP contribution in [0.15, 0.2) is 0 Å². The number of hydrogen-bond donors (Lipinski definition) is 1. The molecule has 0 bridgehead atoms. The Bertz CT molecular complexity index is 271. The molecule has 1 amide bonds. The minimum atomic E-state index is -4.30. The van der Waals surface area contributed by atoms with Crippen molar-refractivity contribution in [2.24, 2.45) is 17.6 Å². The zero-order valence-electron chi connectivity index (χ0n) is 9.67. The molecule has 0 unspecified atom stereocenters. The Morgan fingerprint density at radius 1 is 1.47 bits per heavy atom. The van der Waals surface area contributed by atoms with E-state index < -0.39 is 23.9 Å². The smallest absolute Gasteiger partial charge is 0.381 e. The second-order valence-electron chi connectivity index (χ2n) is 4.07. The van der Waals surface area contributed by atoms with Crippen LogP contribution >= 0.6 is 0 Å². The molecule has 1 heterocycles. The fourth-order valence-corrected chi connectivity index (χ4v) is 2.01. The van der Waals surface area contributed by atoms with Crippen LogP contribution in [0.2, 0.25) is 0 Å². The van der Waals surface area contributed by atoms with Crippen molar-refractivity contribution in [3.63, 3.8) is 0 Å². The Labute approximate surface area is 97.9 Å². The molecule has 7 heteroatoms. The predicted octanol–water partition coefficient (Wildman–Crippen LogP) is 0.618. The number of halogens is 3. The van der Waals surface area contributed by atoms with E-state index in [1.807, 2.05) is 0 Å². The highest BCUT2D eigenvalue weighted by atomic mass is 19.4. The summed E-state index contributed by atoms with van der Waals surface area (Å²) >= 11 is 0. The van der Waals surface area contributed by atoms with Gasteiger partial charge in [0.15, 0.2) is 0 Å². The van der Waals surface area contributed by atoms with Gasteiger partial charge in [0.2, 0.25) is 5.91 Å². The number of carbonyl (C=O) groups is 1. The second-order valence-corrected chi connectivity index (χ2v) is 4.07. The van der Waals surface area contributed by atoms with Crippen molar-refractivity contribution in [3.05, 3.63) is 0 Å². The van der Waals surface area contributed by atoms with Gasteiger partial charge in [-0.05, 0) is 6.92 Å². The van der Waals surface area contributed by atoms with Crippen LogP contribution in [-0.2, 0) is 9.53 Å². The lowest BCUT2D eigenvalue weighted by molar-refractivity contribution is -0.184. The van der Waals surface area contributed by atoms with Gasteiger partial charge in [0, 0.05) is 25.6 Å². The number of rotatable bonds is 4. The monoisotopic (exact) mass is 254 g/mol. The van der Waals surface area contributed by atoms with Crippen LogP contribution in [0.25, 0.3) is 0 Å². The maximum absolute atomic E-state index is 12.8. The molecule has 1 aliphatic heterocycles. The van der Waals surface area contributed by atoms with E-state index in [0.29, 0.717) is 6.61 Å². The van der Waals surface area contributed by atoms with Gasteiger partial charge in [-0.3, -0.25) is 4.79 Å². The van der Waals surface area contributed by atoms with E-state index in [4.69, 9.17) is 10.5 Å². The number of likely N-dealkylation sites (tertiary alicyclic amines) is 1. The van der Waals surface area contributed by atoms with Crippen LogP contribution in [0.3, 0.4) is 0 Å². The third kappa shape index (κ3) is 3.57. The van der Waals surface area contributed by atoms with Crippen molar-refractivity contribution < 1.29 is 22.7 Å². The molecule has 1 fully saturated rings. The molecule has 0 aromatic carbocycles. The lowest BCUT2D eigenvalue weighted by Gasteiger charge is -2.20. The fraction of sp³-hybridized carbons (Fsp3) is 0.900. The van der Waals surface area contributed by atoms with Gasteiger partial charge in [0.25, 0.3) is 0 Å². The molecule has 17 heavy (non-hydrogen) atoms. The number of hydrogen-bond acceptors (Lipinski definition) is 3. The number of ether oxygens (including phenoxy) is 1. The van der Waals surface area contributed by atoms with Crippen molar-refractivity contribution >= 4 is 5.91 Å². The second kappa shape index (κ2) is 5.68. The first-order valence-electron chi connectivity index (χ1n) is 5.52. The van der Waals surface area contributed by atoms with E-state index >= 15 is 0 Å². The van der Waals surface area contributed by atoms with Crippen molar-refractivity contribution in [3.8, 4) is 0 Å². The zero-order valence-corrected chi connectivity index (χ0v) is 9.67. The molecule has 4 nitrogen and oxygen atoms in total. The van der Waals surface area contributed by atoms with Gasteiger partial charge in [-0.1, -0.05) is 0 Å². The quantitative estimate of drug-likeness (QED) is 0.800. The van der Waals surface area contributed by atoms with E-state index in [9.17, 15) is 18.0 Å². The van der Waals surface area contributed by atoms with Gasteiger partial charge in [0.1, 0.15) is 0 Å². The van der Waals surface area contributed by atoms with Gasteiger partial charge in [-0.15, -0.1) is 0 Å². The van der Waals surface area contributed by atoms with Crippen LogP contribution in [0.5, 0.6) is 0 Å². The summed E-state index contributed by atoms with van der Waals surface area (Å²) in [5.74, 6) is -2.65. The van der Waals surface area contributed by atoms with E-state index in [-0.39, 0.29) is 26.2 Å². The molecule has 0 saturated carbocycles. The van der Waals surface area contributed by atoms with Gasteiger partial charge >= 0.3 is 6.18 Å². The number of nitrogens with zero attached hydrogens (tertiary/aromatic N) is 1. The van der Waals surface area contributed by atoms with Crippen LogP contribution in [0, 0.1) is 11.8 Å². The highest BCUT2D eigenvalue weighted by Gasteiger charge is 2.50. The van der Waals surface area contributed by atoms with E-state index in [1.54, 1.807) is 6.92 Å². The summed E-state index contributed by atoms with van der Waals surface area (Å²) in [7, 11) is 0. The number of amides is 1. The fourth-order valence-electron chi connectivity index (χ4n) is 2.01. The van der Waals surface area contributed by atoms with Crippen LogP contribution < -0.4 is 5.73 Å². The SMILES string of the molecule is CCOC[C@H]1CN(C(=O)CN)C[C@H]1C(F)(F)F. The van der Waals surface area contributed by atoms with Crippen molar-refractivity contribution in [2.75, 3.05) is 32.8 Å². The summed E-state index contributed by atoms with van der Waals surface area (Å²) in [6.07, 6.45) is -4.30. The molecular formula is C10H17F3N2O2. The number of alkyl halides is 3. The van der Waals surface area contributed by atoms with Gasteiger partial charge in [-0.25, -0.2) is 0 Å². The van der Waals surface area contributed by atoms with Crippen LogP contribution in [0.4, 0.5) is 13.2 Å². The molecule has 0 spiro atoms. The largest absolute Gasteiger partial charge is 0.393 e. The van der Waals surface area contributed by atoms with E-state index in [1.165, 1.54) is 4.90 Å². The summed E-state index contributed by atoms with van der Waals surface area (Å²) < 4.78 is 43.3. The van der Waals surface area contributed by atoms with Gasteiger partial charge < -0.3 is 15.4 Å². The highest BCUT2D eigenvalue weighted by molar-refractivity contribution is 5.78. The summed E-state index contributed by atoms with van der Waals surface area (Å²) in [6, 6.07) is 0. The van der Waals surface area contributed by atoms with Crippen molar-refractivity contribution in [1.82, 2.24) is 4.90 Å². The predicted molar refractivity (Wildman–Crippen MR) is 55.2 cm³/mol. The third-order valence-electron chi connectivity index (χ3n) is 2.92. The van der Waals surface area contributed by atoms with Gasteiger partial charge in [0.05, 0.1) is 19.1 Å². The first kappa shape index (κ1) is 14.2. The maximum Gasteiger partial charge on any atom is 0.393 e. The average Bonchev–Trinajstić information content (AvgIpc) is 2.69. The van der Waals surface area contributed by atoms with Crippen LogP contribution in [-0.4, -0.2) is 49.8 Å². The molecule has 100 valence electrons. The Morgan fingerprint density at radius 3 is 2.59 bits per heavy atom. The summed E-state index contributed by atoms with van der Waals surface area (Å²) in [5, 5.41) is 0. The maximum atomic E-state index is 12.8. The van der Waals surface area contributed by atoms with Crippen LogP contribution in [0.1, 0.15) is 6.92 Å². The Balaban J connectivity index is 2.68. The molecular weight excluding hydrogens is 237 g/mol. The Kier molecular flexibility index (Phi) is 4.76. The average molecular weight is 254 g/mol. The molecule has 0 aliphatic carbocycles. The first-order valence-corrected chi connectivity index (χ1v) is 5.52. The van der Waals surface area contributed by atoms with Crippen molar-refractivity contribution in [2.45, 2.75) is 13.1 Å². The summed E-state index contributed by atoms with van der Waals surface area (Å²) in [4.78, 5) is 12.5. The minimum Gasteiger partial charge on any atom is -0.381 e. The number of carbonyl (C=O) groups excluding carboxylic acids is 1. The lowest BCUT2D eigenvalue weighted by atomic mass is 9.96. The molecule has 2 atom stereocenters. The molecule has 0 aromatic heterocycles. The highest BCUT2D eigenvalue weighted by Crippen LogP contribution is 2.37. The minimum absolute atomic E-state index is 0.0228. The topological polar surface area (TPSA) is 55.6 Å². The summed E-state index contributed by atoms with van der Waals surface area (Å²) in [6.45, 7) is 1.62. The molecule has 0 radical (unpaired) electrons. The summed E-state index contributed by atoms with van der Waals surface area (Å²) in [5.41, 5.74) is 5.15. The first-order chi connectivity index (χ1) is 7.90. The van der Waals surface area contributed by atoms with Gasteiger partial charge in [-0.2, -0.15) is 13.2 Å². The molecule has 1 rings (SSSR count). The molecule has 0 aromatic rings. The normalized spacial score (nSPS) is 25.4. The van der Waals surface area contributed by atoms with E-state index in [0.717, 1.165) is 0 Å². The number of nitrogens with two attached hydrogens (primary N) is 1. The molecule has 1 saturated heterocycles.